The Balaban J connectivity index is 1.71. The number of piperidine rings is 1. The molecular formula is C20H27N2O2+. The van der Waals surface area contributed by atoms with Crippen molar-refractivity contribution in [3.63, 3.8) is 0 Å². The van der Waals surface area contributed by atoms with Gasteiger partial charge in [-0.15, -0.1) is 0 Å². The molecule has 2 aromatic rings. The van der Waals surface area contributed by atoms with Gasteiger partial charge >= 0.3 is 5.97 Å². The lowest BCUT2D eigenvalue weighted by molar-refractivity contribution is -0.924. The van der Waals surface area contributed by atoms with E-state index in [-0.39, 0.29) is 11.9 Å². The second-order valence-corrected chi connectivity index (χ2v) is 8.02. The van der Waals surface area contributed by atoms with E-state index in [0.717, 1.165) is 30.3 Å². The van der Waals surface area contributed by atoms with E-state index in [1.165, 1.54) is 22.0 Å². The number of rotatable bonds is 3. The lowest BCUT2D eigenvalue weighted by Crippen LogP contribution is -2.60. The number of nitrogens with zero attached hydrogens (tertiary/aromatic N) is 1. The van der Waals surface area contributed by atoms with Gasteiger partial charge in [0.1, 0.15) is 5.92 Å². The molecule has 3 atom stereocenters. The number of hydrogen-bond acceptors (Lipinski definition) is 2. The van der Waals surface area contributed by atoms with Crippen molar-refractivity contribution in [1.29, 1.82) is 0 Å². The maximum absolute atomic E-state index is 12.5. The predicted octanol–water partition coefficient (Wildman–Crippen LogP) is 3.23. The molecule has 0 amide bonds. The fourth-order valence-corrected chi connectivity index (χ4v) is 4.92. The van der Waals surface area contributed by atoms with E-state index in [2.05, 4.69) is 43.5 Å². The molecule has 1 aliphatic heterocycles. The zero-order valence-corrected chi connectivity index (χ0v) is 14.8. The van der Waals surface area contributed by atoms with Gasteiger partial charge in [0.25, 0.3) is 0 Å². The molecule has 128 valence electrons. The summed E-state index contributed by atoms with van der Waals surface area (Å²) in [7, 11) is 4.55. The van der Waals surface area contributed by atoms with Crippen LogP contribution in [-0.4, -0.2) is 48.7 Å². The monoisotopic (exact) mass is 327 g/mol. The highest BCUT2D eigenvalue weighted by molar-refractivity contribution is 5.88. The van der Waals surface area contributed by atoms with Gasteiger partial charge in [-0.25, -0.2) is 0 Å². The van der Waals surface area contributed by atoms with Gasteiger partial charge in [0.2, 0.25) is 0 Å². The average Bonchev–Trinajstić information content (AvgIpc) is 2.98. The molecule has 2 aliphatic rings. The highest BCUT2D eigenvalue weighted by Gasteiger charge is 2.49. The molecule has 1 aromatic heterocycles. The summed E-state index contributed by atoms with van der Waals surface area (Å²) in [5.74, 6) is 0.428. The van der Waals surface area contributed by atoms with Crippen molar-refractivity contribution >= 4 is 16.9 Å². The first kappa shape index (κ1) is 15.7. The first-order valence-corrected chi connectivity index (χ1v) is 9.09. The standard InChI is InChI=1S/C20H27N2O2/c1-4-8-24-20(23)14-9-16-15-6-5-7-17-19(15)13(11-21-17)10-18(16)22(2,3)12-14/h5-7,11,14,16,18,21H,4,8-10,12H2,1-3H3/q+1/t14-,16-,18-/m1/s1. The Hall–Kier alpha value is -1.81. The Morgan fingerprint density at radius 1 is 1.38 bits per heavy atom. The number of H-pyrrole nitrogens is 1. The SMILES string of the molecule is CCCOC(=O)[C@@H]1C[C@@H]2c3cccc4[nH]cc(c34)C[C@H]2[N+](C)(C)C1. The van der Waals surface area contributed by atoms with Crippen LogP contribution >= 0.6 is 0 Å². The molecule has 2 heterocycles. The second kappa shape index (κ2) is 5.62. The quantitative estimate of drug-likeness (QED) is 0.695. The highest BCUT2D eigenvalue weighted by Crippen LogP contribution is 2.46. The first-order chi connectivity index (χ1) is 11.5. The maximum atomic E-state index is 12.5. The number of carbonyl (C=O) groups is 1. The van der Waals surface area contributed by atoms with Gasteiger partial charge in [-0.2, -0.15) is 0 Å². The number of nitrogens with one attached hydrogen (secondary N) is 1. The Kier molecular flexibility index (Phi) is 3.68. The van der Waals surface area contributed by atoms with Gasteiger partial charge in [0.15, 0.2) is 0 Å². The van der Waals surface area contributed by atoms with Gasteiger partial charge < -0.3 is 14.2 Å². The number of aromatic nitrogens is 1. The number of carbonyl (C=O) groups excluding carboxylic acids is 1. The molecule has 0 saturated carbocycles. The number of hydrogen-bond donors (Lipinski definition) is 1. The van der Waals surface area contributed by atoms with Crippen LogP contribution in [0.15, 0.2) is 24.4 Å². The maximum Gasteiger partial charge on any atom is 0.314 e. The second-order valence-electron chi connectivity index (χ2n) is 8.02. The van der Waals surface area contributed by atoms with Crippen LogP contribution in [0.1, 0.15) is 36.8 Å². The molecule has 1 fully saturated rings. The van der Waals surface area contributed by atoms with Crippen LogP contribution in [-0.2, 0) is 16.0 Å². The van der Waals surface area contributed by atoms with Gasteiger partial charge in [-0.3, -0.25) is 4.79 Å². The van der Waals surface area contributed by atoms with Crippen molar-refractivity contribution in [2.45, 2.75) is 38.1 Å². The Morgan fingerprint density at radius 2 is 2.21 bits per heavy atom. The summed E-state index contributed by atoms with van der Waals surface area (Å²) in [6.07, 6.45) is 5.06. The number of ether oxygens (including phenoxy) is 1. The lowest BCUT2D eigenvalue weighted by Gasteiger charge is -2.50. The highest BCUT2D eigenvalue weighted by atomic mass is 16.5. The third-order valence-electron chi connectivity index (χ3n) is 6.02. The minimum atomic E-state index is -0.00598. The fraction of sp³-hybridized carbons (Fsp3) is 0.550. The molecule has 4 heteroatoms. The van der Waals surface area contributed by atoms with Crippen molar-refractivity contribution < 1.29 is 14.0 Å². The van der Waals surface area contributed by atoms with Crippen LogP contribution in [0.4, 0.5) is 0 Å². The summed E-state index contributed by atoms with van der Waals surface area (Å²) < 4.78 is 6.36. The fourth-order valence-electron chi connectivity index (χ4n) is 4.92. The van der Waals surface area contributed by atoms with E-state index in [1.807, 2.05) is 6.92 Å². The van der Waals surface area contributed by atoms with Crippen LogP contribution in [0.3, 0.4) is 0 Å². The van der Waals surface area contributed by atoms with Crippen LogP contribution in [0.25, 0.3) is 10.9 Å². The Labute approximate surface area is 143 Å². The van der Waals surface area contributed by atoms with E-state index in [0.29, 0.717) is 18.6 Å². The molecule has 0 unspecified atom stereocenters. The number of esters is 1. The summed E-state index contributed by atoms with van der Waals surface area (Å²) in [6.45, 7) is 3.45. The number of likely N-dealkylation sites (tertiary alicyclic amines) is 1. The normalized spacial score (nSPS) is 27.7. The number of benzene rings is 1. The Morgan fingerprint density at radius 3 is 3.00 bits per heavy atom. The number of quaternary nitrogens is 1. The van der Waals surface area contributed by atoms with E-state index in [1.54, 1.807) is 0 Å². The predicted molar refractivity (Wildman–Crippen MR) is 94.9 cm³/mol. The molecular weight excluding hydrogens is 300 g/mol. The van der Waals surface area contributed by atoms with Crippen LogP contribution in [0.5, 0.6) is 0 Å². The number of likely N-dealkylation sites (N-methyl/N-ethyl adjacent to an activating group) is 1. The van der Waals surface area contributed by atoms with E-state index in [9.17, 15) is 4.79 Å². The van der Waals surface area contributed by atoms with Crippen molar-refractivity contribution in [3.05, 3.63) is 35.5 Å². The van der Waals surface area contributed by atoms with E-state index < -0.39 is 0 Å². The molecule has 1 saturated heterocycles. The molecule has 24 heavy (non-hydrogen) atoms. The largest absolute Gasteiger partial charge is 0.465 e. The average molecular weight is 327 g/mol. The number of fused-ring (bicyclic) bond motifs is 2. The van der Waals surface area contributed by atoms with E-state index in [4.69, 9.17) is 4.74 Å². The first-order valence-electron chi connectivity index (χ1n) is 9.09. The summed E-state index contributed by atoms with van der Waals surface area (Å²) >= 11 is 0. The van der Waals surface area contributed by atoms with Gasteiger partial charge in [-0.05, 0) is 30.0 Å². The minimum absolute atomic E-state index is 0.00329. The summed E-state index contributed by atoms with van der Waals surface area (Å²) in [5.41, 5.74) is 4.07. The zero-order chi connectivity index (χ0) is 16.9. The van der Waals surface area contributed by atoms with Crippen LogP contribution < -0.4 is 0 Å². The van der Waals surface area contributed by atoms with Gasteiger partial charge in [0.05, 0.1) is 33.3 Å². The molecule has 1 aliphatic carbocycles. The molecule has 1 aromatic carbocycles. The number of aromatic amines is 1. The third-order valence-corrected chi connectivity index (χ3v) is 6.02. The van der Waals surface area contributed by atoms with E-state index >= 15 is 0 Å². The smallest absolute Gasteiger partial charge is 0.314 e. The van der Waals surface area contributed by atoms with Crippen molar-refractivity contribution in [3.8, 4) is 0 Å². The van der Waals surface area contributed by atoms with Crippen molar-refractivity contribution in [2.75, 3.05) is 27.2 Å². The van der Waals surface area contributed by atoms with Crippen molar-refractivity contribution in [2.24, 2.45) is 5.92 Å². The molecule has 0 spiro atoms. The molecule has 4 rings (SSSR count). The van der Waals surface area contributed by atoms with Crippen LogP contribution in [0.2, 0.25) is 0 Å². The Bertz CT molecular complexity index is 777. The minimum Gasteiger partial charge on any atom is -0.465 e. The molecule has 0 radical (unpaired) electrons. The summed E-state index contributed by atoms with van der Waals surface area (Å²) in [6, 6.07) is 7.09. The zero-order valence-electron chi connectivity index (χ0n) is 14.8. The lowest BCUT2D eigenvalue weighted by atomic mass is 9.71. The van der Waals surface area contributed by atoms with Crippen molar-refractivity contribution in [1.82, 2.24) is 4.98 Å². The van der Waals surface area contributed by atoms with Gasteiger partial charge in [-0.1, -0.05) is 19.1 Å². The molecule has 1 N–H and O–H groups in total. The van der Waals surface area contributed by atoms with Gasteiger partial charge in [0, 0.05) is 29.4 Å². The topological polar surface area (TPSA) is 42.1 Å². The molecule has 0 bridgehead atoms. The van der Waals surface area contributed by atoms with Crippen LogP contribution in [0, 0.1) is 5.92 Å². The summed E-state index contributed by atoms with van der Waals surface area (Å²) in [5, 5.41) is 1.39. The summed E-state index contributed by atoms with van der Waals surface area (Å²) in [4.78, 5) is 15.9. The molecule has 4 nitrogen and oxygen atoms in total. The third kappa shape index (κ3) is 2.35.